The summed E-state index contributed by atoms with van der Waals surface area (Å²) < 4.78 is 13.7. The van der Waals surface area contributed by atoms with Gasteiger partial charge in [0.2, 0.25) is 0 Å². The zero-order chi connectivity index (χ0) is 11.4. The second-order valence-electron chi connectivity index (χ2n) is 5.20. The summed E-state index contributed by atoms with van der Waals surface area (Å²) in [6, 6.07) is 6.76. The average molecular weight is 220 g/mol. The van der Waals surface area contributed by atoms with Crippen molar-refractivity contribution in [2.24, 2.45) is 5.41 Å². The molecule has 0 spiro atoms. The van der Waals surface area contributed by atoms with E-state index in [0.717, 1.165) is 6.42 Å². The molecule has 1 N–H and O–H groups in total. The van der Waals surface area contributed by atoms with Gasteiger partial charge in [-0.25, -0.2) is 4.39 Å². The predicted molar refractivity (Wildman–Crippen MR) is 56.6 cm³/mol. The third-order valence-electron chi connectivity index (χ3n) is 4.33. The van der Waals surface area contributed by atoms with E-state index in [9.17, 15) is 9.18 Å². The van der Waals surface area contributed by atoms with Crippen LogP contribution in [-0.4, -0.2) is 11.1 Å². The van der Waals surface area contributed by atoms with Gasteiger partial charge < -0.3 is 5.11 Å². The molecule has 0 aromatic heterocycles. The highest BCUT2D eigenvalue weighted by molar-refractivity contribution is 5.78. The zero-order valence-electron chi connectivity index (χ0n) is 8.87. The summed E-state index contributed by atoms with van der Waals surface area (Å²) >= 11 is 0. The van der Waals surface area contributed by atoms with Gasteiger partial charge in [-0.1, -0.05) is 18.2 Å². The monoisotopic (exact) mass is 220 g/mol. The molecule has 4 rings (SSSR count). The van der Waals surface area contributed by atoms with Crippen LogP contribution < -0.4 is 0 Å². The molecule has 0 amide bonds. The Hall–Kier alpha value is -1.38. The maximum atomic E-state index is 13.7. The second kappa shape index (κ2) is 2.84. The number of halogens is 1. The van der Waals surface area contributed by atoms with Crippen molar-refractivity contribution >= 4 is 5.97 Å². The lowest BCUT2D eigenvalue weighted by Gasteiger charge is -2.45. The molecule has 0 radical (unpaired) electrons. The number of carboxylic acid groups (broad SMARTS) is 1. The molecule has 0 saturated heterocycles. The first-order valence-corrected chi connectivity index (χ1v) is 5.57. The quantitative estimate of drug-likeness (QED) is 0.832. The molecule has 0 aliphatic heterocycles. The lowest BCUT2D eigenvalue weighted by atomic mass is 9.57. The molecular weight excluding hydrogens is 207 g/mol. The molecule has 0 heterocycles. The van der Waals surface area contributed by atoms with Gasteiger partial charge in [-0.05, 0) is 37.3 Å². The predicted octanol–water partition coefficient (Wildman–Crippen LogP) is 2.72. The Morgan fingerprint density at radius 2 is 1.94 bits per heavy atom. The number of carbonyl (C=O) groups is 1. The Morgan fingerprint density at radius 3 is 2.50 bits per heavy atom. The first-order valence-electron chi connectivity index (χ1n) is 5.57. The van der Waals surface area contributed by atoms with Gasteiger partial charge in [0.1, 0.15) is 5.82 Å². The average Bonchev–Trinajstić information content (AvgIpc) is 2.74. The number of benzene rings is 1. The molecular formula is C13H13FO2. The molecule has 3 aliphatic carbocycles. The first-order chi connectivity index (χ1) is 7.58. The molecule has 3 aliphatic rings. The Kier molecular flexibility index (Phi) is 1.74. The van der Waals surface area contributed by atoms with Crippen LogP contribution in [0.3, 0.4) is 0 Å². The van der Waals surface area contributed by atoms with E-state index in [1.54, 1.807) is 12.1 Å². The highest BCUT2D eigenvalue weighted by Gasteiger charge is 2.65. The molecule has 1 aromatic rings. The van der Waals surface area contributed by atoms with E-state index < -0.39 is 11.4 Å². The zero-order valence-corrected chi connectivity index (χ0v) is 8.87. The van der Waals surface area contributed by atoms with Crippen LogP contribution in [-0.2, 0) is 10.2 Å². The SMILES string of the molecule is O=C(O)C12CCC(c3ccccc3F)(C1)C2. The van der Waals surface area contributed by atoms with Crippen molar-refractivity contribution in [1.82, 2.24) is 0 Å². The molecule has 84 valence electrons. The number of fused-ring (bicyclic) bond motifs is 1. The fraction of sp³-hybridized carbons (Fsp3) is 0.462. The molecule has 2 nitrogen and oxygen atoms in total. The van der Waals surface area contributed by atoms with Crippen LogP contribution in [0.4, 0.5) is 4.39 Å². The van der Waals surface area contributed by atoms with Crippen molar-refractivity contribution in [3.8, 4) is 0 Å². The van der Waals surface area contributed by atoms with Gasteiger partial charge in [0.15, 0.2) is 0 Å². The van der Waals surface area contributed by atoms with E-state index >= 15 is 0 Å². The maximum Gasteiger partial charge on any atom is 0.309 e. The molecule has 16 heavy (non-hydrogen) atoms. The minimum Gasteiger partial charge on any atom is -0.481 e. The first kappa shape index (κ1) is 9.82. The lowest BCUT2D eigenvalue weighted by molar-refractivity contribution is -0.154. The van der Waals surface area contributed by atoms with Crippen molar-refractivity contribution in [3.63, 3.8) is 0 Å². The van der Waals surface area contributed by atoms with Gasteiger partial charge in [-0.2, -0.15) is 0 Å². The molecule has 2 bridgehead atoms. The van der Waals surface area contributed by atoms with Crippen molar-refractivity contribution in [2.75, 3.05) is 0 Å². The summed E-state index contributed by atoms with van der Waals surface area (Å²) in [5.41, 5.74) is -0.0316. The van der Waals surface area contributed by atoms with E-state index in [0.29, 0.717) is 24.8 Å². The highest BCUT2D eigenvalue weighted by atomic mass is 19.1. The number of carboxylic acids is 1. The number of aliphatic carboxylic acids is 1. The summed E-state index contributed by atoms with van der Waals surface area (Å²) in [7, 11) is 0. The van der Waals surface area contributed by atoms with E-state index in [4.69, 9.17) is 5.11 Å². The van der Waals surface area contributed by atoms with Crippen molar-refractivity contribution in [1.29, 1.82) is 0 Å². The maximum absolute atomic E-state index is 13.7. The fourth-order valence-corrected chi connectivity index (χ4v) is 3.55. The van der Waals surface area contributed by atoms with Crippen LogP contribution in [0.1, 0.15) is 31.2 Å². The minimum absolute atomic E-state index is 0.191. The standard InChI is InChI=1S/C13H13FO2/c14-10-4-2-1-3-9(10)12-5-6-13(7-12,8-12)11(15)16/h1-4H,5-8H2,(H,15,16). The summed E-state index contributed by atoms with van der Waals surface area (Å²) in [5.74, 6) is -0.902. The third kappa shape index (κ3) is 1.03. The fourth-order valence-electron chi connectivity index (χ4n) is 3.55. The summed E-state index contributed by atoms with van der Waals surface area (Å²) in [6.45, 7) is 0. The summed E-state index contributed by atoms with van der Waals surface area (Å²) in [6.07, 6.45) is 2.71. The Bertz CT molecular complexity index is 461. The van der Waals surface area contributed by atoms with Gasteiger partial charge in [0, 0.05) is 5.41 Å². The minimum atomic E-state index is -0.711. The Labute approximate surface area is 93.1 Å². The molecule has 3 saturated carbocycles. The highest BCUT2D eigenvalue weighted by Crippen LogP contribution is 2.67. The van der Waals surface area contributed by atoms with E-state index in [1.807, 2.05) is 6.07 Å². The molecule has 3 fully saturated rings. The smallest absolute Gasteiger partial charge is 0.309 e. The van der Waals surface area contributed by atoms with Crippen LogP contribution in [0, 0.1) is 11.2 Å². The van der Waals surface area contributed by atoms with Gasteiger partial charge >= 0.3 is 5.97 Å². The van der Waals surface area contributed by atoms with Crippen molar-refractivity contribution in [2.45, 2.75) is 31.1 Å². The van der Waals surface area contributed by atoms with Gasteiger partial charge in [-0.15, -0.1) is 0 Å². The van der Waals surface area contributed by atoms with Crippen LogP contribution in [0.25, 0.3) is 0 Å². The molecule has 0 atom stereocenters. The molecule has 0 unspecified atom stereocenters. The Morgan fingerprint density at radius 1 is 1.25 bits per heavy atom. The molecule has 3 heteroatoms. The largest absolute Gasteiger partial charge is 0.481 e. The normalized spacial score (nSPS) is 35.8. The Balaban J connectivity index is 1.96. The van der Waals surface area contributed by atoms with Crippen LogP contribution in [0.15, 0.2) is 24.3 Å². The van der Waals surface area contributed by atoms with Gasteiger partial charge in [0.25, 0.3) is 0 Å². The van der Waals surface area contributed by atoms with Gasteiger partial charge in [0.05, 0.1) is 5.41 Å². The number of hydrogen-bond acceptors (Lipinski definition) is 1. The van der Waals surface area contributed by atoms with Crippen molar-refractivity contribution < 1.29 is 14.3 Å². The second-order valence-corrected chi connectivity index (χ2v) is 5.20. The van der Waals surface area contributed by atoms with E-state index in [1.165, 1.54) is 6.07 Å². The number of rotatable bonds is 2. The lowest BCUT2D eigenvalue weighted by Crippen LogP contribution is -2.46. The van der Waals surface area contributed by atoms with E-state index in [2.05, 4.69) is 0 Å². The van der Waals surface area contributed by atoms with Gasteiger partial charge in [-0.3, -0.25) is 4.79 Å². The van der Waals surface area contributed by atoms with Crippen molar-refractivity contribution in [3.05, 3.63) is 35.6 Å². The molecule has 1 aromatic carbocycles. The van der Waals surface area contributed by atoms with Crippen LogP contribution in [0.2, 0.25) is 0 Å². The van der Waals surface area contributed by atoms with Crippen LogP contribution in [0.5, 0.6) is 0 Å². The summed E-state index contributed by atoms with van der Waals surface area (Å²) in [5, 5.41) is 9.15. The topological polar surface area (TPSA) is 37.3 Å². The van der Waals surface area contributed by atoms with Crippen LogP contribution >= 0.6 is 0 Å². The summed E-state index contributed by atoms with van der Waals surface area (Å²) in [4.78, 5) is 11.1. The third-order valence-corrected chi connectivity index (χ3v) is 4.33. The van der Waals surface area contributed by atoms with E-state index in [-0.39, 0.29) is 11.2 Å². The number of hydrogen-bond donors (Lipinski definition) is 1.